The molecular weight excluding hydrogens is 392 g/mol. The number of carbonyl (C=O) groups excluding carboxylic acids is 3. The second kappa shape index (κ2) is 8.56. The zero-order valence-electron chi connectivity index (χ0n) is 17.2. The van der Waals surface area contributed by atoms with Crippen LogP contribution in [-0.2, 0) is 14.3 Å². The van der Waals surface area contributed by atoms with Gasteiger partial charge in [0, 0.05) is 32.0 Å². The van der Waals surface area contributed by atoms with Gasteiger partial charge in [0.15, 0.2) is 5.65 Å². The number of anilines is 1. The fourth-order valence-electron chi connectivity index (χ4n) is 3.09. The highest BCUT2D eigenvalue weighted by Gasteiger charge is 2.30. The molecule has 2 aromatic rings. The third kappa shape index (κ3) is 5.82. The van der Waals surface area contributed by atoms with Gasteiger partial charge in [0.1, 0.15) is 11.4 Å². The van der Waals surface area contributed by atoms with Crippen molar-refractivity contribution in [1.82, 2.24) is 25.2 Å². The van der Waals surface area contributed by atoms with Crippen LogP contribution in [0.2, 0.25) is 0 Å². The Morgan fingerprint density at radius 2 is 1.93 bits per heavy atom. The minimum absolute atomic E-state index is 0.0119. The summed E-state index contributed by atoms with van der Waals surface area (Å²) in [4.78, 5) is 58.3. The summed E-state index contributed by atoms with van der Waals surface area (Å²) in [5.74, 6) is -0.344. The van der Waals surface area contributed by atoms with Crippen molar-refractivity contribution in [3.8, 4) is 0 Å². The van der Waals surface area contributed by atoms with E-state index in [9.17, 15) is 19.2 Å². The van der Waals surface area contributed by atoms with Crippen molar-refractivity contribution in [1.29, 1.82) is 0 Å². The van der Waals surface area contributed by atoms with E-state index in [0.717, 1.165) is 0 Å². The molecule has 30 heavy (non-hydrogen) atoms. The van der Waals surface area contributed by atoms with Crippen molar-refractivity contribution < 1.29 is 19.1 Å². The first-order valence-electron chi connectivity index (χ1n) is 9.75. The van der Waals surface area contributed by atoms with Gasteiger partial charge in [0.05, 0.1) is 5.52 Å². The van der Waals surface area contributed by atoms with Crippen LogP contribution in [0.15, 0.2) is 16.9 Å². The standard InChI is InChI=1S/C19H26N6O5/c1-19(2,3)30-18(29)25-9-8-11(10-25)20-14(26)6-7-15(27)22-13-5-4-12-16(23-13)24-17(28)21-12/h4-5,11H,6-10H2,1-3H3,(H,20,26)(H3,21,22,23,24,27,28)/t11-/m0/s1. The molecule has 11 heteroatoms. The van der Waals surface area contributed by atoms with Crippen LogP contribution in [0.3, 0.4) is 0 Å². The molecule has 1 atom stereocenters. The highest BCUT2D eigenvalue weighted by molar-refractivity contribution is 5.93. The van der Waals surface area contributed by atoms with Gasteiger partial charge in [-0.15, -0.1) is 0 Å². The van der Waals surface area contributed by atoms with Gasteiger partial charge in [-0.25, -0.2) is 14.6 Å². The Hall–Kier alpha value is -3.37. The van der Waals surface area contributed by atoms with E-state index in [1.807, 2.05) is 0 Å². The van der Waals surface area contributed by atoms with E-state index in [1.165, 1.54) is 0 Å². The number of aromatic amines is 2. The maximum Gasteiger partial charge on any atom is 0.410 e. The Morgan fingerprint density at radius 3 is 2.67 bits per heavy atom. The molecule has 1 aliphatic rings. The van der Waals surface area contributed by atoms with E-state index < -0.39 is 11.7 Å². The number of nitrogens with one attached hydrogen (secondary N) is 4. The fourth-order valence-corrected chi connectivity index (χ4v) is 3.09. The van der Waals surface area contributed by atoms with Gasteiger partial charge in [0.25, 0.3) is 0 Å². The normalized spacial score (nSPS) is 16.5. The highest BCUT2D eigenvalue weighted by Crippen LogP contribution is 2.15. The number of ether oxygens (including phenoxy) is 1. The Morgan fingerprint density at radius 1 is 1.20 bits per heavy atom. The van der Waals surface area contributed by atoms with E-state index in [4.69, 9.17) is 4.74 Å². The molecule has 3 rings (SSSR count). The Bertz CT molecular complexity index is 1000. The molecule has 3 amide bonds. The first kappa shape index (κ1) is 21.3. The maximum absolute atomic E-state index is 12.2. The summed E-state index contributed by atoms with van der Waals surface area (Å²) in [6, 6.07) is 3.02. The van der Waals surface area contributed by atoms with Crippen molar-refractivity contribution in [3.63, 3.8) is 0 Å². The first-order valence-corrected chi connectivity index (χ1v) is 9.75. The molecular formula is C19H26N6O5. The number of hydrogen-bond acceptors (Lipinski definition) is 6. The number of nitrogens with zero attached hydrogens (tertiary/aromatic N) is 2. The van der Waals surface area contributed by atoms with Crippen molar-refractivity contribution in [2.75, 3.05) is 18.4 Å². The van der Waals surface area contributed by atoms with Crippen LogP contribution >= 0.6 is 0 Å². The van der Waals surface area contributed by atoms with Gasteiger partial charge < -0.3 is 25.3 Å². The van der Waals surface area contributed by atoms with Crippen LogP contribution in [0, 0.1) is 0 Å². The van der Waals surface area contributed by atoms with Crippen molar-refractivity contribution in [2.24, 2.45) is 0 Å². The molecule has 0 radical (unpaired) electrons. The average molecular weight is 418 g/mol. The number of hydrogen-bond donors (Lipinski definition) is 4. The maximum atomic E-state index is 12.2. The zero-order valence-corrected chi connectivity index (χ0v) is 17.2. The molecule has 1 saturated heterocycles. The SMILES string of the molecule is CC(C)(C)OC(=O)N1CC[C@H](NC(=O)CCC(=O)Nc2ccc3[nH]c(=O)[nH]c3n2)C1. The number of imidazole rings is 1. The van der Waals surface area contributed by atoms with Crippen LogP contribution < -0.4 is 16.3 Å². The van der Waals surface area contributed by atoms with E-state index in [0.29, 0.717) is 30.7 Å². The van der Waals surface area contributed by atoms with E-state index in [1.54, 1.807) is 37.8 Å². The van der Waals surface area contributed by atoms with Gasteiger partial charge in [-0.2, -0.15) is 0 Å². The van der Waals surface area contributed by atoms with E-state index >= 15 is 0 Å². The number of amides is 3. The lowest BCUT2D eigenvalue weighted by Gasteiger charge is -2.24. The molecule has 0 aliphatic carbocycles. The predicted octanol–water partition coefficient (Wildman–Crippen LogP) is 1.10. The third-order valence-electron chi connectivity index (χ3n) is 4.43. The molecule has 1 fully saturated rings. The summed E-state index contributed by atoms with van der Waals surface area (Å²) in [5.41, 5.74) is -0.0721. The van der Waals surface area contributed by atoms with Crippen LogP contribution in [0.1, 0.15) is 40.0 Å². The number of pyridine rings is 1. The number of likely N-dealkylation sites (tertiary alicyclic amines) is 1. The lowest BCUT2D eigenvalue weighted by Crippen LogP contribution is -2.40. The molecule has 11 nitrogen and oxygen atoms in total. The van der Waals surface area contributed by atoms with Crippen LogP contribution in [0.5, 0.6) is 0 Å². The summed E-state index contributed by atoms with van der Waals surface area (Å²) >= 11 is 0. The number of carbonyl (C=O) groups is 3. The number of aromatic nitrogens is 3. The molecule has 0 unspecified atom stereocenters. The minimum atomic E-state index is -0.568. The third-order valence-corrected chi connectivity index (χ3v) is 4.43. The molecule has 4 N–H and O–H groups in total. The van der Waals surface area contributed by atoms with Crippen molar-refractivity contribution in [2.45, 2.75) is 51.7 Å². The first-order chi connectivity index (χ1) is 14.1. The smallest absolute Gasteiger partial charge is 0.410 e. The monoisotopic (exact) mass is 418 g/mol. The Balaban J connectivity index is 1.41. The Kier molecular flexibility index (Phi) is 6.09. The lowest BCUT2D eigenvalue weighted by molar-refractivity contribution is -0.124. The molecule has 0 saturated carbocycles. The van der Waals surface area contributed by atoms with Crippen LogP contribution in [0.4, 0.5) is 10.6 Å². The predicted molar refractivity (Wildman–Crippen MR) is 109 cm³/mol. The quantitative estimate of drug-likeness (QED) is 0.571. The van der Waals surface area contributed by atoms with Gasteiger partial charge in [0.2, 0.25) is 11.8 Å². The second-order valence-corrected chi connectivity index (χ2v) is 8.20. The second-order valence-electron chi connectivity index (χ2n) is 8.20. The molecule has 3 heterocycles. The molecule has 162 valence electrons. The molecule has 0 spiro atoms. The van der Waals surface area contributed by atoms with Crippen LogP contribution in [-0.4, -0.2) is 62.5 Å². The number of H-pyrrole nitrogens is 2. The largest absolute Gasteiger partial charge is 0.444 e. The molecule has 2 aromatic heterocycles. The van der Waals surface area contributed by atoms with Crippen molar-refractivity contribution in [3.05, 3.63) is 22.6 Å². The van der Waals surface area contributed by atoms with Crippen LogP contribution in [0.25, 0.3) is 11.2 Å². The lowest BCUT2D eigenvalue weighted by atomic mass is 10.2. The van der Waals surface area contributed by atoms with E-state index in [2.05, 4.69) is 25.6 Å². The summed E-state index contributed by atoms with van der Waals surface area (Å²) in [7, 11) is 0. The fraction of sp³-hybridized carbons (Fsp3) is 0.526. The van der Waals surface area contributed by atoms with Gasteiger partial charge in [-0.1, -0.05) is 0 Å². The van der Waals surface area contributed by atoms with E-state index in [-0.39, 0.29) is 42.2 Å². The topological polar surface area (TPSA) is 149 Å². The summed E-state index contributed by atoms with van der Waals surface area (Å²) in [6.45, 7) is 6.30. The average Bonchev–Trinajstić information content (AvgIpc) is 3.24. The highest BCUT2D eigenvalue weighted by atomic mass is 16.6. The number of rotatable bonds is 5. The van der Waals surface area contributed by atoms with Crippen molar-refractivity contribution >= 4 is 34.9 Å². The summed E-state index contributed by atoms with van der Waals surface area (Å²) < 4.78 is 5.33. The zero-order chi connectivity index (χ0) is 21.9. The number of fused-ring (bicyclic) bond motifs is 1. The molecule has 0 aromatic carbocycles. The molecule has 0 bridgehead atoms. The van der Waals surface area contributed by atoms with Gasteiger partial charge in [-0.05, 0) is 39.3 Å². The van der Waals surface area contributed by atoms with Gasteiger partial charge >= 0.3 is 11.8 Å². The minimum Gasteiger partial charge on any atom is -0.444 e. The molecule has 1 aliphatic heterocycles. The summed E-state index contributed by atoms with van der Waals surface area (Å²) in [6.07, 6.45) is 0.234. The van der Waals surface area contributed by atoms with Gasteiger partial charge in [-0.3, -0.25) is 14.6 Å². The Labute approximate surface area is 172 Å². The summed E-state index contributed by atoms with van der Waals surface area (Å²) in [5, 5.41) is 5.45.